The summed E-state index contributed by atoms with van der Waals surface area (Å²) in [5.41, 5.74) is 0.634. The number of halogens is 1. The molecule has 0 aliphatic heterocycles. The number of carbonyl (C=O) groups is 1. The van der Waals surface area contributed by atoms with Gasteiger partial charge in [-0.2, -0.15) is 0 Å². The summed E-state index contributed by atoms with van der Waals surface area (Å²) < 4.78 is 10.4. The minimum Gasteiger partial charge on any atom is -0.497 e. The van der Waals surface area contributed by atoms with Crippen molar-refractivity contribution in [3.05, 3.63) is 47.5 Å². The van der Waals surface area contributed by atoms with Crippen LogP contribution in [-0.4, -0.2) is 25.4 Å². The molecule has 0 radical (unpaired) electrons. The topological polar surface area (TPSA) is 47.6 Å². The lowest BCUT2D eigenvalue weighted by Gasteiger charge is -2.14. The monoisotopic (exact) mass is 351 g/mol. The molecule has 122 valence electrons. The zero-order chi connectivity index (χ0) is 16.8. The van der Waals surface area contributed by atoms with E-state index in [1.807, 2.05) is 19.1 Å². The average Bonchev–Trinajstić information content (AvgIpc) is 2.56. The molecule has 0 aliphatic rings. The number of amides is 1. The quantitative estimate of drug-likeness (QED) is 0.780. The van der Waals surface area contributed by atoms with Crippen LogP contribution in [0.5, 0.6) is 11.5 Å². The number of methoxy groups -OCH3 is 2. The summed E-state index contributed by atoms with van der Waals surface area (Å²) in [7, 11) is 3.14. The first kappa shape index (κ1) is 17.5. The highest BCUT2D eigenvalue weighted by atomic mass is 35.5. The third-order valence-corrected chi connectivity index (χ3v) is 4.48. The molecular formula is C17H18ClNO3S. The fraction of sp³-hybridized carbons (Fsp3) is 0.235. The number of ether oxygens (including phenoxy) is 2. The van der Waals surface area contributed by atoms with Gasteiger partial charge in [0, 0.05) is 33.8 Å². The van der Waals surface area contributed by atoms with Gasteiger partial charge in [0.05, 0.1) is 19.5 Å². The standard InChI is InChI=1S/C17H18ClNO3S/c1-11(23-16-6-4-12(18)5-7-16)17(20)19-13-8-14(21-2)10-15(9-13)22-3/h4-11H,1-3H3,(H,19,20). The molecule has 2 aromatic carbocycles. The second kappa shape index (κ2) is 8.13. The number of hydrogen-bond donors (Lipinski definition) is 1. The molecule has 0 bridgehead atoms. The summed E-state index contributed by atoms with van der Waals surface area (Å²) in [6, 6.07) is 12.7. The van der Waals surface area contributed by atoms with Crippen LogP contribution in [0.4, 0.5) is 5.69 Å². The number of rotatable bonds is 6. The van der Waals surface area contributed by atoms with Crippen LogP contribution in [0.1, 0.15) is 6.92 Å². The Kier molecular flexibility index (Phi) is 6.19. The van der Waals surface area contributed by atoms with E-state index in [0.717, 1.165) is 4.90 Å². The van der Waals surface area contributed by atoms with Crippen LogP contribution >= 0.6 is 23.4 Å². The SMILES string of the molecule is COc1cc(NC(=O)C(C)Sc2ccc(Cl)cc2)cc(OC)c1. The van der Waals surface area contributed by atoms with Crippen LogP contribution in [0.3, 0.4) is 0 Å². The summed E-state index contributed by atoms with van der Waals surface area (Å²) in [4.78, 5) is 13.3. The Bertz CT molecular complexity index is 654. The molecule has 2 aromatic rings. The van der Waals surface area contributed by atoms with E-state index in [1.165, 1.54) is 11.8 Å². The molecule has 0 aromatic heterocycles. The lowest BCUT2D eigenvalue weighted by atomic mass is 10.2. The van der Waals surface area contributed by atoms with Crippen molar-refractivity contribution in [2.75, 3.05) is 19.5 Å². The maximum absolute atomic E-state index is 12.3. The van der Waals surface area contributed by atoms with Gasteiger partial charge in [0.25, 0.3) is 0 Å². The molecule has 0 heterocycles. The van der Waals surface area contributed by atoms with E-state index in [1.54, 1.807) is 44.6 Å². The van der Waals surface area contributed by atoms with Crippen LogP contribution in [0.2, 0.25) is 5.02 Å². The van der Waals surface area contributed by atoms with Crippen LogP contribution in [-0.2, 0) is 4.79 Å². The van der Waals surface area contributed by atoms with E-state index >= 15 is 0 Å². The highest BCUT2D eigenvalue weighted by Gasteiger charge is 2.15. The first-order valence-electron chi connectivity index (χ1n) is 6.98. The van der Waals surface area contributed by atoms with Crippen molar-refractivity contribution >= 4 is 35.0 Å². The zero-order valence-corrected chi connectivity index (χ0v) is 14.7. The number of nitrogens with one attached hydrogen (secondary N) is 1. The lowest BCUT2D eigenvalue weighted by Crippen LogP contribution is -2.22. The van der Waals surface area contributed by atoms with Crippen molar-refractivity contribution in [2.24, 2.45) is 0 Å². The molecule has 4 nitrogen and oxygen atoms in total. The molecule has 0 fully saturated rings. The molecule has 23 heavy (non-hydrogen) atoms. The third kappa shape index (κ3) is 5.08. The van der Waals surface area contributed by atoms with Gasteiger partial charge < -0.3 is 14.8 Å². The van der Waals surface area contributed by atoms with Crippen molar-refractivity contribution in [3.8, 4) is 11.5 Å². The van der Waals surface area contributed by atoms with Crippen molar-refractivity contribution in [1.82, 2.24) is 0 Å². The predicted molar refractivity (Wildman–Crippen MR) is 94.9 cm³/mol. The van der Waals surface area contributed by atoms with Crippen LogP contribution in [0.25, 0.3) is 0 Å². The minimum absolute atomic E-state index is 0.0970. The fourth-order valence-electron chi connectivity index (χ4n) is 1.89. The first-order chi connectivity index (χ1) is 11.0. The van der Waals surface area contributed by atoms with E-state index in [2.05, 4.69) is 5.32 Å². The summed E-state index contributed by atoms with van der Waals surface area (Å²) in [6.45, 7) is 1.85. The maximum atomic E-state index is 12.3. The molecule has 1 amide bonds. The zero-order valence-electron chi connectivity index (χ0n) is 13.1. The number of anilines is 1. The summed E-state index contributed by atoms with van der Waals surface area (Å²) >= 11 is 7.33. The Hall–Kier alpha value is -1.85. The number of thioether (sulfide) groups is 1. The van der Waals surface area contributed by atoms with Crippen molar-refractivity contribution in [2.45, 2.75) is 17.1 Å². The molecule has 0 saturated carbocycles. The van der Waals surface area contributed by atoms with E-state index in [0.29, 0.717) is 22.2 Å². The molecule has 2 rings (SSSR count). The van der Waals surface area contributed by atoms with Crippen LogP contribution in [0, 0.1) is 0 Å². The Labute approximate surface area is 145 Å². The van der Waals surface area contributed by atoms with Gasteiger partial charge in [-0.05, 0) is 31.2 Å². The van der Waals surface area contributed by atoms with Gasteiger partial charge in [0.1, 0.15) is 11.5 Å². The van der Waals surface area contributed by atoms with E-state index in [-0.39, 0.29) is 11.2 Å². The normalized spacial score (nSPS) is 11.7. The second-order valence-electron chi connectivity index (χ2n) is 4.80. The third-order valence-electron chi connectivity index (χ3n) is 3.11. The molecular weight excluding hydrogens is 334 g/mol. The molecule has 0 aliphatic carbocycles. The minimum atomic E-state index is -0.256. The van der Waals surface area contributed by atoms with E-state index in [9.17, 15) is 4.79 Å². The van der Waals surface area contributed by atoms with Gasteiger partial charge in [-0.25, -0.2) is 0 Å². The van der Waals surface area contributed by atoms with Gasteiger partial charge >= 0.3 is 0 Å². The van der Waals surface area contributed by atoms with E-state index in [4.69, 9.17) is 21.1 Å². The van der Waals surface area contributed by atoms with Crippen molar-refractivity contribution in [1.29, 1.82) is 0 Å². The highest BCUT2D eigenvalue weighted by Crippen LogP contribution is 2.28. The Morgan fingerprint density at radius 3 is 2.17 bits per heavy atom. The number of carbonyl (C=O) groups excluding carboxylic acids is 1. The van der Waals surface area contributed by atoms with Gasteiger partial charge in [-0.3, -0.25) is 4.79 Å². The van der Waals surface area contributed by atoms with Gasteiger partial charge in [-0.1, -0.05) is 11.6 Å². The van der Waals surface area contributed by atoms with Gasteiger partial charge in [0.2, 0.25) is 5.91 Å². The molecule has 1 atom stereocenters. The molecule has 6 heteroatoms. The van der Waals surface area contributed by atoms with Gasteiger partial charge in [0.15, 0.2) is 0 Å². The first-order valence-corrected chi connectivity index (χ1v) is 8.23. The number of benzene rings is 2. The Morgan fingerprint density at radius 2 is 1.65 bits per heavy atom. The van der Waals surface area contributed by atoms with E-state index < -0.39 is 0 Å². The van der Waals surface area contributed by atoms with Crippen LogP contribution < -0.4 is 14.8 Å². The smallest absolute Gasteiger partial charge is 0.237 e. The second-order valence-corrected chi connectivity index (χ2v) is 6.66. The summed E-state index contributed by atoms with van der Waals surface area (Å²) in [6.07, 6.45) is 0. The maximum Gasteiger partial charge on any atom is 0.237 e. The van der Waals surface area contributed by atoms with Gasteiger partial charge in [-0.15, -0.1) is 11.8 Å². The molecule has 0 saturated heterocycles. The van der Waals surface area contributed by atoms with Crippen molar-refractivity contribution < 1.29 is 14.3 Å². The largest absolute Gasteiger partial charge is 0.497 e. The summed E-state index contributed by atoms with van der Waals surface area (Å²) in [5.74, 6) is 1.15. The average molecular weight is 352 g/mol. The predicted octanol–water partition coefficient (Wildman–Crippen LogP) is 4.48. The molecule has 0 spiro atoms. The fourth-order valence-corrected chi connectivity index (χ4v) is 2.89. The Balaban J connectivity index is 2.04. The summed E-state index contributed by atoms with van der Waals surface area (Å²) in [5, 5.41) is 3.30. The molecule has 1 N–H and O–H groups in total. The molecule has 1 unspecified atom stereocenters. The lowest BCUT2D eigenvalue weighted by molar-refractivity contribution is -0.115. The highest BCUT2D eigenvalue weighted by molar-refractivity contribution is 8.00. The van der Waals surface area contributed by atoms with Crippen molar-refractivity contribution in [3.63, 3.8) is 0 Å². The van der Waals surface area contributed by atoms with Crippen LogP contribution in [0.15, 0.2) is 47.4 Å². The number of hydrogen-bond acceptors (Lipinski definition) is 4. The Morgan fingerprint density at radius 1 is 1.09 bits per heavy atom.